The number of amides is 1. The van der Waals surface area contributed by atoms with Gasteiger partial charge in [-0.05, 0) is 17.2 Å². The summed E-state index contributed by atoms with van der Waals surface area (Å²) in [5.74, 6) is 0.0379. The largest absolute Gasteiger partial charge is 0.364 e. The van der Waals surface area contributed by atoms with E-state index in [4.69, 9.17) is 5.73 Å². The number of quaternary nitrogens is 1. The molecule has 1 unspecified atom stereocenters. The summed E-state index contributed by atoms with van der Waals surface area (Å²) in [7, 11) is 0. The molecule has 1 fully saturated rings. The molecule has 3 rings (SSSR count). The molecule has 3 atom stereocenters. The molecule has 1 amide bonds. The maximum Gasteiger partial charge on any atom is 0.276 e. The molecule has 1 aliphatic heterocycles. The molecule has 1 saturated heterocycles. The van der Waals surface area contributed by atoms with Crippen LogP contribution in [0.1, 0.15) is 13.3 Å². The molecule has 24 heavy (non-hydrogen) atoms. The number of carbonyl (C=O) groups is 1. The molecule has 0 aromatic heterocycles. The second kappa shape index (κ2) is 6.46. The SMILES string of the molecule is C[C@H]1C[C@@H](C(N)=O)[N+](CC#N)(c2cccc(-c3ccccc3)c2)C1. The lowest BCUT2D eigenvalue weighted by Crippen LogP contribution is -2.58. The van der Waals surface area contributed by atoms with Gasteiger partial charge >= 0.3 is 0 Å². The summed E-state index contributed by atoms with van der Waals surface area (Å²) in [5, 5.41) is 9.41. The van der Waals surface area contributed by atoms with E-state index in [1.165, 1.54) is 0 Å². The van der Waals surface area contributed by atoms with Crippen LogP contribution in [0.3, 0.4) is 0 Å². The Morgan fingerprint density at radius 3 is 2.58 bits per heavy atom. The molecule has 1 aliphatic rings. The van der Waals surface area contributed by atoms with E-state index >= 15 is 0 Å². The summed E-state index contributed by atoms with van der Waals surface area (Å²) < 4.78 is 0.341. The lowest BCUT2D eigenvalue weighted by Gasteiger charge is -2.36. The van der Waals surface area contributed by atoms with Gasteiger partial charge in [-0.2, -0.15) is 5.26 Å². The molecule has 4 heteroatoms. The minimum atomic E-state index is -0.342. The highest BCUT2D eigenvalue weighted by Crippen LogP contribution is 2.38. The molecular weight excluding hydrogens is 298 g/mol. The fourth-order valence-electron chi connectivity index (χ4n) is 3.97. The summed E-state index contributed by atoms with van der Waals surface area (Å²) in [4.78, 5) is 12.1. The summed E-state index contributed by atoms with van der Waals surface area (Å²) in [6.07, 6.45) is 0.729. The van der Waals surface area contributed by atoms with Gasteiger partial charge in [0, 0.05) is 18.4 Å². The average molecular weight is 320 g/mol. The number of carbonyl (C=O) groups excluding carboxylic acids is 1. The average Bonchev–Trinajstić information content (AvgIpc) is 2.94. The van der Waals surface area contributed by atoms with Crippen LogP contribution in [0.2, 0.25) is 0 Å². The van der Waals surface area contributed by atoms with Gasteiger partial charge in [-0.1, -0.05) is 49.4 Å². The number of hydrogen-bond acceptors (Lipinski definition) is 2. The molecule has 122 valence electrons. The lowest BCUT2D eigenvalue weighted by atomic mass is 10.0. The van der Waals surface area contributed by atoms with Crippen molar-refractivity contribution in [1.29, 1.82) is 5.26 Å². The number of likely N-dealkylation sites (tertiary alicyclic amines) is 1. The van der Waals surface area contributed by atoms with Crippen molar-refractivity contribution >= 4 is 11.6 Å². The third kappa shape index (κ3) is 2.79. The highest BCUT2D eigenvalue weighted by Gasteiger charge is 2.50. The van der Waals surface area contributed by atoms with Crippen molar-refractivity contribution < 1.29 is 4.79 Å². The Balaban J connectivity index is 2.10. The van der Waals surface area contributed by atoms with Crippen molar-refractivity contribution in [3.8, 4) is 17.2 Å². The molecule has 0 saturated carbocycles. The summed E-state index contributed by atoms with van der Waals surface area (Å²) in [6, 6.07) is 20.2. The van der Waals surface area contributed by atoms with Gasteiger partial charge in [-0.15, -0.1) is 0 Å². The van der Waals surface area contributed by atoms with Crippen LogP contribution in [0.15, 0.2) is 54.6 Å². The van der Waals surface area contributed by atoms with Crippen molar-refractivity contribution in [1.82, 2.24) is 4.48 Å². The van der Waals surface area contributed by atoms with Crippen LogP contribution < -0.4 is 10.2 Å². The predicted molar refractivity (Wildman–Crippen MR) is 95.8 cm³/mol. The van der Waals surface area contributed by atoms with Crippen LogP contribution in [0.25, 0.3) is 11.1 Å². The standard InChI is InChI=1S/C20H21N3O/c1-15-12-19(20(22)24)23(14-15,11-10-21)18-9-5-8-17(13-18)16-6-3-2-4-7-16/h2-9,13,15,19H,11-12,14H2,1H3,(H-,22,24)/p+1/t15-,19-,23?/m0/s1. The molecule has 2 aromatic carbocycles. The van der Waals surface area contributed by atoms with Gasteiger partial charge in [0.2, 0.25) is 0 Å². The number of benzene rings is 2. The molecule has 4 nitrogen and oxygen atoms in total. The van der Waals surface area contributed by atoms with Crippen molar-refractivity contribution in [3.63, 3.8) is 0 Å². The molecule has 0 radical (unpaired) electrons. The number of nitrogens with zero attached hydrogens (tertiary/aromatic N) is 2. The number of nitriles is 1. The Hall–Kier alpha value is -2.64. The topological polar surface area (TPSA) is 66.9 Å². The van der Waals surface area contributed by atoms with E-state index in [1.54, 1.807) is 0 Å². The highest BCUT2D eigenvalue weighted by molar-refractivity contribution is 5.83. The van der Waals surface area contributed by atoms with Gasteiger partial charge < -0.3 is 5.73 Å². The van der Waals surface area contributed by atoms with Crippen LogP contribution in [-0.4, -0.2) is 25.0 Å². The van der Waals surface area contributed by atoms with Gasteiger partial charge in [-0.3, -0.25) is 9.28 Å². The van der Waals surface area contributed by atoms with Crippen molar-refractivity contribution in [3.05, 3.63) is 54.6 Å². The molecule has 1 heterocycles. The monoisotopic (exact) mass is 320 g/mol. The smallest absolute Gasteiger partial charge is 0.276 e. The van der Waals surface area contributed by atoms with Crippen LogP contribution in [0.5, 0.6) is 0 Å². The third-order valence-corrected chi connectivity index (χ3v) is 5.01. The first-order chi connectivity index (χ1) is 11.6. The lowest BCUT2D eigenvalue weighted by molar-refractivity contribution is -0.121. The molecule has 2 aromatic rings. The van der Waals surface area contributed by atoms with E-state index in [2.05, 4.69) is 37.3 Å². The molecule has 0 aliphatic carbocycles. The highest BCUT2D eigenvalue weighted by atomic mass is 16.1. The second-order valence-corrected chi connectivity index (χ2v) is 6.71. The predicted octanol–water partition coefficient (Wildman–Crippen LogP) is 3.08. The van der Waals surface area contributed by atoms with Crippen molar-refractivity contribution in [2.45, 2.75) is 19.4 Å². The zero-order valence-corrected chi connectivity index (χ0v) is 13.9. The summed E-state index contributed by atoms with van der Waals surface area (Å²) in [6.45, 7) is 3.14. The van der Waals surface area contributed by atoms with Gasteiger partial charge in [0.05, 0.1) is 6.54 Å². The van der Waals surface area contributed by atoms with Crippen molar-refractivity contribution in [2.75, 3.05) is 13.1 Å². The Labute approximate surface area is 142 Å². The van der Waals surface area contributed by atoms with Gasteiger partial charge in [-0.25, -0.2) is 0 Å². The fourth-order valence-corrected chi connectivity index (χ4v) is 3.97. The minimum absolute atomic E-state index is 0.260. The van der Waals surface area contributed by atoms with E-state index in [0.29, 0.717) is 10.4 Å². The van der Waals surface area contributed by atoms with E-state index in [1.807, 2.05) is 30.3 Å². The van der Waals surface area contributed by atoms with Crippen LogP contribution in [0.4, 0.5) is 5.69 Å². The Bertz CT molecular complexity index is 781. The zero-order valence-electron chi connectivity index (χ0n) is 13.9. The zero-order chi connectivity index (χ0) is 17.2. The number of hydrogen-bond donors (Lipinski definition) is 1. The number of primary amides is 1. The maximum absolute atomic E-state index is 12.1. The maximum atomic E-state index is 12.1. The molecule has 0 spiro atoms. The summed E-state index contributed by atoms with van der Waals surface area (Å²) in [5.41, 5.74) is 8.89. The number of nitrogens with two attached hydrogens (primary N) is 1. The molecule has 0 bridgehead atoms. The van der Waals surface area contributed by atoms with E-state index in [-0.39, 0.29) is 18.5 Å². The normalized spacial score (nSPS) is 26.0. The Kier molecular flexibility index (Phi) is 4.37. The van der Waals surface area contributed by atoms with Gasteiger partial charge in [0.25, 0.3) is 5.91 Å². The third-order valence-electron chi connectivity index (χ3n) is 5.01. The first-order valence-electron chi connectivity index (χ1n) is 8.26. The molecule has 2 N–H and O–H groups in total. The minimum Gasteiger partial charge on any atom is -0.364 e. The van der Waals surface area contributed by atoms with Gasteiger partial charge in [0.15, 0.2) is 12.6 Å². The number of rotatable bonds is 4. The summed E-state index contributed by atoms with van der Waals surface area (Å²) >= 11 is 0. The molecular formula is C20H22N3O+. The van der Waals surface area contributed by atoms with E-state index in [0.717, 1.165) is 29.8 Å². The van der Waals surface area contributed by atoms with Crippen LogP contribution in [0, 0.1) is 17.2 Å². The van der Waals surface area contributed by atoms with Crippen LogP contribution in [-0.2, 0) is 4.79 Å². The van der Waals surface area contributed by atoms with E-state index < -0.39 is 0 Å². The second-order valence-electron chi connectivity index (χ2n) is 6.71. The Morgan fingerprint density at radius 2 is 1.92 bits per heavy atom. The first-order valence-corrected chi connectivity index (χ1v) is 8.26. The fraction of sp³-hybridized carbons (Fsp3) is 0.300. The van der Waals surface area contributed by atoms with E-state index in [9.17, 15) is 10.1 Å². The van der Waals surface area contributed by atoms with Crippen LogP contribution >= 0.6 is 0 Å². The quantitative estimate of drug-likeness (QED) is 0.695. The van der Waals surface area contributed by atoms with Gasteiger partial charge in [0.1, 0.15) is 11.8 Å². The first kappa shape index (κ1) is 16.2. The van der Waals surface area contributed by atoms with Crippen molar-refractivity contribution in [2.24, 2.45) is 11.7 Å². The Morgan fingerprint density at radius 1 is 1.21 bits per heavy atom.